The Balaban J connectivity index is 0.000000218. The van der Waals surface area contributed by atoms with Crippen molar-refractivity contribution < 1.29 is 20.1 Å². The molecule has 1 aliphatic carbocycles. The number of nitrogens with zero attached hydrogens (tertiary/aromatic N) is 2. The fourth-order valence-electron chi connectivity index (χ4n) is 4.87. The molecule has 5 aromatic rings. The zero-order chi connectivity index (χ0) is 26.0. The predicted molar refractivity (Wildman–Crippen MR) is 158 cm³/mol. The van der Waals surface area contributed by atoms with E-state index in [4.69, 9.17) is 4.98 Å². The van der Waals surface area contributed by atoms with Crippen LogP contribution in [-0.4, -0.2) is 23.2 Å². The van der Waals surface area contributed by atoms with Crippen molar-refractivity contribution in [2.75, 3.05) is 0 Å². The maximum Gasteiger partial charge on any atom is 0.0160 e. The molecule has 193 valence electrons. The summed E-state index contributed by atoms with van der Waals surface area (Å²) in [6.07, 6.45) is 3.86. The van der Waals surface area contributed by atoms with E-state index in [9.17, 15) is 0 Å². The Hall–Kier alpha value is -2.85. The first-order chi connectivity index (χ1) is 17.7. The second-order valence-electron chi connectivity index (χ2n) is 11.0. The van der Waals surface area contributed by atoms with Gasteiger partial charge in [-0.25, -0.2) is 0 Å². The molecule has 0 saturated heterocycles. The molecule has 0 unspecified atom stereocenters. The minimum Gasteiger partial charge on any atom is -0.305 e. The third kappa shape index (κ3) is 5.76. The van der Waals surface area contributed by atoms with Gasteiger partial charge in [-0.1, -0.05) is 12.1 Å². The first-order valence-corrected chi connectivity index (χ1v) is 20.1. The van der Waals surface area contributed by atoms with E-state index in [1.54, 1.807) is 10.6 Å². The summed E-state index contributed by atoms with van der Waals surface area (Å²) in [6, 6.07) is 37.6. The van der Waals surface area contributed by atoms with E-state index in [0.29, 0.717) is 0 Å². The van der Waals surface area contributed by atoms with Gasteiger partial charge in [0.15, 0.2) is 0 Å². The molecule has 0 N–H and O–H groups in total. The van der Waals surface area contributed by atoms with Gasteiger partial charge >= 0.3 is 153 Å². The zero-order valence-corrected chi connectivity index (χ0v) is 27.0. The Kier molecular flexibility index (Phi) is 8.52. The molecule has 38 heavy (non-hydrogen) atoms. The maximum absolute atomic E-state index is 4.75. The summed E-state index contributed by atoms with van der Waals surface area (Å²) in [5.74, 6) is 7.37. The van der Waals surface area contributed by atoms with E-state index < -0.39 is 13.3 Å². The standard InChI is InChI=1S/C23H24GeN.C11H8N.Ir/c1-23(2)20-12-11-17(24(3,4)5)13-18(20)19-14-22(25-15-21(19)23)16-9-7-6-8-10-16;1-2-6-10(7-3-1)11-8-4-5-9-12-11;/h6-9,11-15H,1-5H3;1-6,8-9H;/q2*-1;. The molecular formula is C34H32GeIrN2-2. The van der Waals surface area contributed by atoms with Gasteiger partial charge in [0.1, 0.15) is 0 Å². The Morgan fingerprint density at radius 3 is 1.87 bits per heavy atom. The molecule has 2 heterocycles. The first-order valence-electron chi connectivity index (χ1n) is 12.8. The van der Waals surface area contributed by atoms with Crippen LogP contribution in [-0.2, 0) is 25.5 Å². The van der Waals surface area contributed by atoms with Crippen LogP contribution in [0.2, 0.25) is 17.3 Å². The van der Waals surface area contributed by atoms with Crippen molar-refractivity contribution in [1.82, 2.24) is 9.97 Å². The summed E-state index contributed by atoms with van der Waals surface area (Å²) in [5.41, 5.74) is 9.59. The molecule has 0 fully saturated rings. The van der Waals surface area contributed by atoms with E-state index in [1.807, 2.05) is 60.7 Å². The van der Waals surface area contributed by atoms with Gasteiger partial charge in [0, 0.05) is 26.3 Å². The molecule has 1 radical (unpaired) electrons. The van der Waals surface area contributed by atoms with Crippen LogP contribution >= 0.6 is 0 Å². The largest absolute Gasteiger partial charge is 0.305 e. The normalized spacial score (nSPS) is 12.9. The minimum atomic E-state index is -1.86. The molecule has 0 aliphatic heterocycles. The summed E-state index contributed by atoms with van der Waals surface area (Å²) in [5, 5.41) is 0. The van der Waals surface area contributed by atoms with Gasteiger partial charge in [0.2, 0.25) is 0 Å². The Bertz CT molecular complexity index is 1470. The Labute approximate surface area is 243 Å². The fraction of sp³-hybridized carbons (Fsp3) is 0.176. The van der Waals surface area contributed by atoms with Crippen molar-refractivity contribution in [2.24, 2.45) is 0 Å². The summed E-state index contributed by atoms with van der Waals surface area (Å²) in [6.45, 7) is 4.62. The molecule has 2 nitrogen and oxygen atoms in total. The second-order valence-corrected chi connectivity index (χ2v) is 21.7. The summed E-state index contributed by atoms with van der Waals surface area (Å²) in [4.78, 5) is 8.97. The van der Waals surface area contributed by atoms with Crippen LogP contribution in [0.3, 0.4) is 0 Å². The van der Waals surface area contributed by atoms with Crippen molar-refractivity contribution >= 4 is 17.7 Å². The monoisotopic (exact) mass is 735 g/mol. The number of fused-ring (bicyclic) bond motifs is 3. The molecule has 2 aromatic heterocycles. The van der Waals surface area contributed by atoms with Crippen LogP contribution in [0.4, 0.5) is 0 Å². The quantitative estimate of drug-likeness (QED) is 0.139. The summed E-state index contributed by atoms with van der Waals surface area (Å²) < 4.78 is 1.56. The van der Waals surface area contributed by atoms with Crippen molar-refractivity contribution in [2.45, 2.75) is 36.5 Å². The molecule has 0 saturated carbocycles. The molecule has 0 amide bonds. The van der Waals surface area contributed by atoms with Gasteiger partial charge in [0.05, 0.1) is 0 Å². The molecule has 1 aliphatic rings. The van der Waals surface area contributed by atoms with Gasteiger partial charge in [0.25, 0.3) is 0 Å². The van der Waals surface area contributed by atoms with Gasteiger partial charge in [-0.3, -0.25) is 0 Å². The van der Waals surface area contributed by atoms with E-state index >= 15 is 0 Å². The topological polar surface area (TPSA) is 25.8 Å². The molecule has 0 atom stereocenters. The summed E-state index contributed by atoms with van der Waals surface area (Å²) >= 11 is -1.86. The first kappa shape index (κ1) is 28.2. The average molecular weight is 733 g/mol. The van der Waals surface area contributed by atoms with Crippen molar-refractivity contribution in [3.8, 4) is 33.6 Å². The van der Waals surface area contributed by atoms with E-state index in [0.717, 1.165) is 22.5 Å². The Morgan fingerprint density at radius 1 is 0.658 bits per heavy atom. The van der Waals surface area contributed by atoms with Crippen LogP contribution in [0, 0.1) is 12.1 Å². The second kappa shape index (κ2) is 11.5. The van der Waals surface area contributed by atoms with Crippen LogP contribution < -0.4 is 4.40 Å². The number of benzene rings is 3. The predicted octanol–water partition coefficient (Wildman–Crippen LogP) is 7.95. The van der Waals surface area contributed by atoms with Gasteiger partial charge in [-0.2, -0.15) is 0 Å². The van der Waals surface area contributed by atoms with Gasteiger partial charge < -0.3 is 4.98 Å². The van der Waals surface area contributed by atoms with Crippen LogP contribution in [0.15, 0.2) is 103 Å². The third-order valence-corrected chi connectivity index (χ3v) is 11.3. The van der Waals surface area contributed by atoms with Crippen molar-refractivity contribution in [3.63, 3.8) is 0 Å². The van der Waals surface area contributed by atoms with Crippen LogP contribution in [0.5, 0.6) is 0 Å². The van der Waals surface area contributed by atoms with Crippen molar-refractivity contribution in [1.29, 1.82) is 0 Å². The number of aromatic nitrogens is 2. The van der Waals surface area contributed by atoms with Crippen molar-refractivity contribution in [3.05, 3.63) is 127 Å². The van der Waals surface area contributed by atoms with Crippen LogP contribution in [0.1, 0.15) is 25.0 Å². The Morgan fingerprint density at radius 2 is 1.29 bits per heavy atom. The minimum absolute atomic E-state index is 0. The summed E-state index contributed by atoms with van der Waals surface area (Å²) in [7, 11) is 0. The number of pyridine rings is 2. The van der Waals surface area contributed by atoms with E-state index in [2.05, 4.69) is 84.8 Å². The zero-order valence-electron chi connectivity index (χ0n) is 22.5. The number of hydrogen-bond donors (Lipinski definition) is 0. The SMILES string of the molecule is CC1(C)c2cc[c]([Ge]([CH3])([CH3])[CH3])cc2-c2cc(-c3[c-]cccc3)ncc21.[Ir].[c-]1ccccc1-c1ccccn1. The van der Waals surface area contributed by atoms with Gasteiger partial charge in [-0.15, -0.1) is 35.9 Å². The molecule has 3 aromatic carbocycles. The fourth-order valence-corrected chi connectivity index (χ4v) is 7.31. The van der Waals surface area contributed by atoms with E-state index in [1.165, 1.54) is 22.3 Å². The number of hydrogen-bond acceptors (Lipinski definition) is 2. The smallest absolute Gasteiger partial charge is 0.0160 e. The number of rotatable bonds is 3. The maximum atomic E-state index is 4.75. The molecule has 0 spiro atoms. The molecular weight excluding hydrogens is 701 g/mol. The average Bonchev–Trinajstić information content (AvgIpc) is 3.16. The third-order valence-electron chi connectivity index (χ3n) is 7.06. The van der Waals surface area contributed by atoms with E-state index in [-0.39, 0.29) is 25.5 Å². The molecule has 6 rings (SSSR count). The molecule has 4 heteroatoms. The molecule has 0 bridgehead atoms. The van der Waals surface area contributed by atoms with Crippen LogP contribution in [0.25, 0.3) is 33.6 Å². The van der Waals surface area contributed by atoms with Gasteiger partial charge in [-0.05, 0) is 11.8 Å².